The Morgan fingerprint density at radius 3 is 2.69 bits per heavy atom. The van der Waals surface area contributed by atoms with Gasteiger partial charge in [-0.05, 0) is 61.9 Å². The Hall–Kier alpha value is -2.45. The van der Waals surface area contributed by atoms with E-state index in [1.807, 2.05) is 23.1 Å². The minimum atomic E-state index is -4.38. The van der Waals surface area contributed by atoms with Crippen molar-refractivity contribution >= 4 is 5.91 Å². The Labute approximate surface area is 186 Å². The van der Waals surface area contributed by atoms with E-state index in [2.05, 4.69) is 10.3 Å². The normalized spacial score (nSPS) is 23.1. The molecule has 1 amide bonds. The smallest absolute Gasteiger partial charge is 0.368 e. The molecule has 3 heterocycles. The quantitative estimate of drug-likeness (QED) is 0.716. The Morgan fingerprint density at radius 1 is 1.16 bits per heavy atom. The van der Waals surface area contributed by atoms with Crippen molar-refractivity contribution < 1.29 is 22.7 Å². The number of alkyl halides is 3. The molecular weight excluding hydrogens is 419 g/mol. The molecule has 0 spiro atoms. The standard InChI is InChI=1S/C24H28F3N3O2/c25-24(26,27)19-9-2-1-7-17(19)15-30-13-5-8-18(16-30)22(20-10-3-4-12-28-20)29-23(31)21-11-6-14-32-21/h1-4,7,9-10,12,18,21-22H,5-6,8,11,13-16H2,(H,29,31)/t18-,21-,22+/m1/s1. The highest BCUT2D eigenvalue weighted by Gasteiger charge is 2.36. The molecule has 2 aliphatic rings. The lowest BCUT2D eigenvalue weighted by Gasteiger charge is -2.37. The number of likely N-dealkylation sites (tertiary alicyclic amines) is 1. The van der Waals surface area contributed by atoms with Gasteiger partial charge in [0.2, 0.25) is 5.91 Å². The van der Waals surface area contributed by atoms with E-state index in [4.69, 9.17) is 4.74 Å². The summed E-state index contributed by atoms with van der Waals surface area (Å²) < 4.78 is 45.8. The lowest BCUT2D eigenvalue weighted by Crippen LogP contribution is -2.45. The third-order valence-electron chi connectivity index (χ3n) is 6.26. The van der Waals surface area contributed by atoms with Crippen molar-refractivity contribution in [1.29, 1.82) is 0 Å². The first-order valence-corrected chi connectivity index (χ1v) is 11.1. The number of hydrogen-bond acceptors (Lipinski definition) is 4. The summed E-state index contributed by atoms with van der Waals surface area (Å²) in [5.41, 5.74) is 0.454. The minimum Gasteiger partial charge on any atom is -0.368 e. The Bertz CT molecular complexity index is 901. The van der Waals surface area contributed by atoms with Gasteiger partial charge in [-0.3, -0.25) is 14.7 Å². The fourth-order valence-electron chi connectivity index (χ4n) is 4.71. The van der Waals surface area contributed by atoms with Crippen LogP contribution in [0.25, 0.3) is 0 Å². The summed E-state index contributed by atoms with van der Waals surface area (Å²) in [5, 5.41) is 3.13. The summed E-state index contributed by atoms with van der Waals surface area (Å²) in [5.74, 6) is -0.0975. The highest BCUT2D eigenvalue weighted by atomic mass is 19.4. The first-order valence-electron chi connectivity index (χ1n) is 11.1. The summed E-state index contributed by atoms with van der Waals surface area (Å²) >= 11 is 0. The highest BCUT2D eigenvalue weighted by molar-refractivity contribution is 5.81. The number of hydrogen-bond donors (Lipinski definition) is 1. The van der Waals surface area contributed by atoms with E-state index in [1.54, 1.807) is 18.3 Å². The zero-order valence-electron chi connectivity index (χ0n) is 17.9. The van der Waals surface area contributed by atoms with E-state index in [1.165, 1.54) is 6.07 Å². The predicted octanol–water partition coefficient (Wildman–Crippen LogP) is 4.35. The molecule has 0 unspecified atom stereocenters. The number of halogens is 3. The zero-order chi connectivity index (χ0) is 22.6. The molecule has 32 heavy (non-hydrogen) atoms. The maximum atomic E-state index is 13.4. The SMILES string of the molecule is O=C(N[C@H](c1ccccn1)[C@@H]1CCCN(Cc2ccccc2C(F)(F)F)C1)[C@H]1CCCO1. The molecule has 2 fully saturated rings. The molecule has 2 aliphatic heterocycles. The summed E-state index contributed by atoms with van der Waals surface area (Å²) in [6, 6.07) is 11.0. The maximum absolute atomic E-state index is 13.4. The van der Waals surface area contributed by atoms with Gasteiger partial charge >= 0.3 is 6.18 Å². The van der Waals surface area contributed by atoms with Crippen LogP contribution in [0.3, 0.4) is 0 Å². The van der Waals surface area contributed by atoms with Crippen LogP contribution in [0.4, 0.5) is 13.2 Å². The monoisotopic (exact) mass is 447 g/mol. The average molecular weight is 448 g/mol. The number of piperidine rings is 1. The highest BCUT2D eigenvalue weighted by Crippen LogP contribution is 2.34. The van der Waals surface area contributed by atoms with Crippen LogP contribution in [-0.2, 0) is 22.3 Å². The number of pyridine rings is 1. The molecule has 2 aromatic rings. The van der Waals surface area contributed by atoms with Gasteiger partial charge < -0.3 is 10.1 Å². The Balaban J connectivity index is 1.51. The number of nitrogens with one attached hydrogen (secondary N) is 1. The molecule has 1 aromatic heterocycles. The molecule has 4 rings (SSSR count). The fourth-order valence-corrected chi connectivity index (χ4v) is 4.71. The molecular formula is C24H28F3N3O2. The number of rotatable bonds is 6. The summed E-state index contributed by atoms with van der Waals surface area (Å²) in [7, 11) is 0. The van der Waals surface area contributed by atoms with Crippen molar-refractivity contribution in [3.63, 3.8) is 0 Å². The first kappa shape index (κ1) is 22.7. The van der Waals surface area contributed by atoms with Gasteiger partial charge in [0, 0.05) is 25.9 Å². The van der Waals surface area contributed by atoms with Crippen LogP contribution in [0.5, 0.6) is 0 Å². The van der Waals surface area contributed by atoms with Gasteiger partial charge in [-0.25, -0.2) is 0 Å². The third-order valence-corrected chi connectivity index (χ3v) is 6.26. The van der Waals surface area contributed by atoms with E-state index in [0.717, 1.165) is 37.6 Å². The van der Waals surface area contributed by atoms with Crippen molar-refractivity contribution in [2.45, 2.75) is 50.6 Å². The van der Waals surface area contributed by atoms with Crippen LogP contribution in [-0.4, -0.2) is 41.6 Å². The molecule has 172 valence electrons. The van der Waals surface area contributed by atoms with Crippen LogP contribution in [0.1, 0.15) is 48.5 Å². The number of carbonyl (C=O) groups is 1. The molecule has 5 nitrogen and oxygen atoms in total. The molecule has 1 N–H and O–H groups in total. The number of benzene rings is 1. The lowest BCUT2D eigenvalue weighted by molar-refractivity contribution is -0.138. The average Bonchev–Trinajstić information content (AvgIpc) is 3.33. The number of nitrogens with zero attached hydrogens (tertiary/aromatic N) is 2. The van der Waals surface area contributed by atoms with Crippen molar-refractivity contribution in [3.05, 3.63) is 65.5 Å². The molecule has 1 aromatic carbocycles. The predicted molar refractivity (Wildman–Crippen MR) is 114 cm³/mol. The first-order chi connectivity index (χ1) is 15.4. The van der Waals surface area contributed by atoms with Gasteiger partial charge in [0.05, 0.1) is 17.3 Å². The largest absolute Gasteiger partial charge is 0.416 e. The van der Waals surface area contributed by atoms with Gasteiger partial charge in [-0.15, -0.1) is 0 Å². The minimum absolute atomic E-state index is 0.0436. The second kappa shape index (κ2) is 10.0. The van der Waals surface area contributed by atoms with Crippen LogP contribution >= 0.6 is 0 Å². The number of amides is 1. The van der Waals surface area contributed by atoms with Gasteiger partial charge in [0.15, 0.2) is 0 Å². The summed E-state index contributed by atoms with van der Waals surface area (Å²) in [4.78, 5) is 19.3. The number of carbonyl (C=O) groups excluding carboxylic acids is 1. The summed E-state index contributed by atoms with van der Waals surface area (Å²) in [6.07, 6.45) is 0.147. The molecule has 0 saturated carbocycles. The molecule has 8 heteroatoms. The summed E-state index contributed by atoms with van der Waals surface area (Å²) in [6.45, 7) is 2.11. The molecule has 3 atom stereocenters. The van der Waals surface area contributed by atoms with Gasteiger partial charge in [0.1, 0.15) is 6.10 Å². The number of aromatic nitrogens is 1. The van der Waals surface area contributed by atoms with Crippen molar-refractivity contribution in [2.24, 2.45) is 5.92 Å². The van der Waals surface area contributed by atoms with Crippen molar-refractivity contribution in [2.75, 3.05) is 19.7 Å². The molecule has 2 saturated heterocycles. The molecule has 0 radical (unpaired) electrons. The van der Waals surface area contributed by atoms with Crippen LogP contribution in [0, 0.1) is 5.92 Å². The van der Waals surface area contributed by atoms with Crippen LogP contribution in [0.2, 0.25) is 0 Å². The fraction of sp³-hybridized carbons (Fsp3) is 0.500. The van der Waals surface area contributed by atoms with E-state index >= 15 is 0 Å². The molecule has 0 aliphatic carbocycles. The van der Waals surface area contributed by atoms with Gasteiger partial charge in [-0.2, -0.15) is 13.2 Å². The van der Waals surface area contributed by atoms with Crippen molar-refractivity contribution in [1.82, 2.24) is 15.2 Å². The van der Waals surface area contributed by atoms with E-state index in [0.29, 0.717) is 19.6 Å². The zero-order valence-corrected chi connectivity index (χ0v) is 17.9. The van der Waals surface area contributed by atoms with E-state index in [-0.39, 0.29) is 30.0 Å². The second-order valence-corrected chi connectivity index (χ2v) is 8.53. The molecule has 0 bridgehead atoms. The maximum Gasteiger partial charge on any atom is 0.416 e. The van der Waals surface area contributed by atoms with Gasteiger partial charge in [0.25, 0.3) is 0 Å². The lowest BCUT2D eigenvalue weighted by atomic mass is 9.87. The van der Waals surface area contributed by atoms with Crippen LogP contribution in [0.15, 0.2) is 48.7 Å². The van der Waals surface area contributed by atoms with Crippen LogP contribution < -0.4 is 5.32 Å². The van der Waals surface area contributed by atoms with E-state index < -0.39 is 17.8 Å². The van der Waals surface area contributed by atoms with E-state index in [9.17, 15) is 18.0 Å². The topological polar surface area (TPSA) is 54.5 Å². The Kier molecular flexibility index (Phi) is 7.10. The second-order valence-electron chi connectivity index (χ2n) is 8.53. The van der Waals surface area contributed by atoms with Gasteiger partial charge in [-0.1, -0.05) is 24.3 Å². The number of ether oxygens (including phenoxy) is 1. The van der Waals surface area contributed by atoms with Crippen molar-refractivity contribution in [3.8, 4) is 0 Å². The third kappa shape index (κ3) is 5.48. The Morgan fingerprint density at radius 2 is 1.97 bits per heavy atom.